The molecule has 0 aliphatic heterocycles. The maximum atomic E-state index is 13.7. The first-order chi connectivity index (χ1) is 8.99. The summed E-state index contributed by atoms with van der Waals surface area (Å²) in [5.41, 5.74) is 7.38. The lowest BCUT2D eigenvalue weighted by Gasteiger charge is -2.09. The van der Waals surface area contributed by atoms with Gasteiger partial charge in [0.05, 0.1) is 16.3 Å². The number of hydrogen-bond acceptors (Lipinski definition) is 2. The first-order valence-electron chi connectivity index (χ1n) is 5.60. The van der Waals surface area contributed by atoms with E-state index < -0.39 is 11.7 Å². The molecule has 2 aromatic rings. The van der Waals surface area contributed by atoms with Gasteiger partial charge in [0.15, 0.2) is 5.82 Å². The van der Waals surface area contributed by atoms with E-state index in [1.807, 2.05) is 6.92 Å². The van der Waals surface area contributed by atoms with E-state index in [9.17, 15) is 9.18 Å². The van der Waals surface area contributed by atoms with Crippen LogP contribution in [0.4, 0.5) is 15.8 Å². The van der Waals surface area contributed by atoms with Gasteiger partial charge >= 0.3 is 0 Å². The zero-order valence-electron chi connectivity index (χ0n) is 10.2. The maximum Gasteiger partial charge on any atom is 0.257 e. The molecule has 0 bridgehead atoms. The molecular formula is C14H12ClFN2O. The number of aryl methyl sites for hydroxylation is 1. The van der Waals surface area contributed by atoms with Crippen molar-refractivity contribution in [2.45, 2.75) is 6.92 Å². The third-order valence-electron chi connectivity index (χ3n) is 2.65. The van der Waals surface area contributed by atoms with Crippen molar-refractivity contribution in [1.82, 2.24) is 0 Å². The van der Waals surface area contributed by atoms with Crippen LogP contribution in [-0.4, -0.2) is 5.91 Å². The Hall–Kier alpha value is -2.07. The van der Waals surface area contributed by atoms with Gasteiger partial charge in [-0.05, 0) is 36.8 Å². The van der Waals surface area contributed by atoms with E-state index in [4.69, 9.17) is 17.3 Å². The number of nitrogens with one attached hydrogen (secondary N) is 1. The number of hydrogen-bond donors (Lipinski definition) is 2. The van der Waals surface area contributed by atoms with Crippen molar-refractivity contribution >= 4 is 28.9 Å². The van der Waals surface area contributed by atoms with Crippen LogP contribution in [0.25, 0.3) is 0 Å². The van der Waals surface area contributed by atoms with E-state index in [0.717, 1.165) is 5.56 Å². The Labute approximate surface area is 115 Å². The number of anilines is 2. The Morgan fingerprint density at radius 3 is 2.74 bits per heavy atom. The number of benzene rings is 2. The molecule has 5 heteroatoms. The van der Waals surface area contributed by atoms with E-state index in [-0.39, 0.29) is 10.7 Å². The highest BCUT2D eigenvalue weighted by atomic mass is 35.5. The number of carbonyl (C=O) groups excluding carboxylic acids is 1. The van der Waals surface area contributed by atoms with Gasteiger partial charge in [0, 0.05) is 5.69 Å². The van der Waals surface area contributed by atoms with E-state index in [1.54, 1.807) is 24.3 Å². The molecule has 1 amide bonds. The molecule has 0 saturated carbocycles. The second-order valence-electron chi connectivity index (χ2n) is 4.15. The first-order valence-corrected chi connectivity index (χ1v) is 5.98. The molecule has 3 N–H and O–H groups in total. The summed E-state index contributed by atoms with van der Waals surface area (Å²) in [4.78, 5) is 12.0. The summed E-state index contributed by atoms with van der Waals surface area (Å²) >= 11 is 5.64. The average Bonchev–Trinajstić information content (AvgIpc) is 2.34. The predicted octanol–water partition coefficient (Wildman–Crippen LogP) is 3.62. The minimum absolute atomic E-state index is 0.0254. The van der Waals surface area contributed by atoms with Crippen LogP contribution < -0.4 is 11.1 Å². The largest absolute Gasteiger partial charge is 0.398 e. The van der Waals surface area contributed by atoms with Crippen molar-refractivity contribution in [3.63, 3.8) is 0 Å². The Morgan fingerprint density at radius 1 is 1.32 bits per heavy atom. The highest BCUT2D eigenvalue weighted by Gasteiger charge is 2.13. The van der Waals surface area contributed by atoms with Crippen LogP contribution in [0.2, 0.25) is 5.02 Å². The average molecular weight is 279 g/mol. The number of amides is 1. The minimum atomic E-state index is -0.664. The number of rotatable bonds is 2. The van der Waals surface area contributed by atoms with Crippen molar-refractivity contribution in [2.75, 3.05) is 11.1 Å². The quantitative estimate of drug-likeness (QED) is 0.824. The third-order valence-corrected chi connectivity index (χ3v) is 2.94. The second-order valence-corrected chi connectivity index (χ2v) is 4.55. The standard InChI is InChI=1S/C14H12ClFN2O/c1-8-5-6-9(11(17)7-8)14(19)18-12-4-2-3-10(15)13(12)16/h2-7H,17H2,1H3,(H,18,19). The van der Waals surface area contributed by atoms with Crippen LogP contribution in [0.3, 0.4) is 0 Å². The normalized spacial score (nSPS) is 10.3. The summed E-state index contributed by atoms with van der Waals surface area (Å²) in [6, 6.07) is 9.45. The van der Waals surface area contributed by atoms with Crippen molar-refractivity contribution in [3.05, 3.63) is 58.4 Å². The van der Waals surface area contributed by atoms with Gasteiger partial charge in [-0.15, -0.1) is 0 Å². The van der Waals surface area contributed by atoms with E-state index in [0.29, 0.717) is 11.3 Å². The number of nitrogens with two attached hydrogens (primary N) is 1. The summed E-state index contributed by atoms with van der Waals surface area (Å²) in [5.74, 6) is -1.14. The Kier molecular flexibility index (Phi) is 3.71. The molecule has 2 rings (SSSR count). The zero-order chi connectivity index (χ0) is 14.0. The van der Waals surface area contributed by atoms with E-state index in [1.165, 1.54) is 12.1 Å². The maximum absolute atomic E-state index is 13.7. The Bertz CT molecular complexity index is 643. The van der Waals surface area contributed by atoms with Crippen LogP contribution in [-0.2, 0) is 0 Å². The SMILES string of the molecule is Cc1ccc(C(=O)Nc2cccc(Cl)c2F)c(N)c1. The summed E-state index contributed by atoms with van der Waals surface area (Å²) < 4.78 is 13.7. The molecule has 0 heterocycles. The number of carbonyl (C=O) groups is 1. The molecule has 0 saturated heterocycles. The molecule has 0 aromatic heterocycles. The molecule has 0 spiro atoms. The van der Waals surface area contributed by atoms with Crippen LogP contribution in [0.15, 0.2) is 36.4 Å². The molecule has 98 valence electrons. The fraction of sp³-hybridized carbons (Fsp3) is 0.0714. The van der Waals surface area contributed by atoms with E-state index in [2.05, 4.69) is 5.32 Å². The molecule has 0 unspecified atom stereocenters. The topological polar surface area (TPSA) is 55.1 Å². The highest BCUT2D eigenvalue weighted by molar-refractivity contribution is 6.31. The fourth-order valence-electron chi connectivity index (χ4n) is 1.68. The third kappa shape index (κ3) is 2.85. The number of nitrogen functional groups attached to an aromatic ring is 1. The molecule has 0 atom stereocenters. The lowest BCUT2D eigenvalue weighted by Crippen LogP contribution is -2.15. The van der Waals surface area contributed by atoms with E-state index >= 15 is 0 Å². The van der Waals surface area contributed by atoms with Crippen LogP contribution in [0.1, 0.15) is 15.9 Å². The molecule has 0 radical (unpaired) electrons. The van der Waals surface area contributed by atoms with Gasteiger partial charge in [-0.3, -0.25) is 4.79 Å². The molecule has 3 nitrogen and oxygen atoms in total. The minimum Gasteiger partial charge on any atom is -0.398 e. The van der Waals surface area contributed by atoms with Crippen LogP contribution in [0.5, 0.6) is 0 Å². The van der Waals surface area contributed by atoms with Gasteiger partial charge in [-0.1, -0.05) is 23.7 Å². The summed E-state index contributed by atoms with van der Waals surface area (Å²) in [6.45, 7) is 1.87. The van der Waals surface area contributed by atoms with Crippen molar-refractivity contribution < 1.29 is 9.18 Å². The molecular weight excluding hydrogens is 267 g/mol. The van der Waals surface area contributed by atoms with Gasteiger partial charge in [0.1, 0.15) is 0 Å². The van der Waals surface area contributed by atoms with Crippen molar-refractivity contribution in [1.29, 1.82) is 0 Å². The molecule has 19 heavy (non-hydrogen) atoms. The molecule has 2 aromatic carbocycles. The number of halogens is 2. The zero-order valence-corrected chi connectivity index (χ0v) is 11.0. The summed E-state index contributed by atoms with van der Waals surface area (Å²) in [5, 5.41) is 2.40. The van der Waals surface area contributed by atoms with Gasteiger partial charge in [0.2, 0.25) is 0 Å². The Balaban J connectivity index is 2.28. The highest BCUT2D eigenvalue weighted by Crippen LogP contribution is 2.23. The smallest absolute Gasteiger partial charge is 0.257 e. The lowest BCUT2D eigenvalue weighted by molar-refractivity contribution is 0.102. The van der Waals surface area contributed by atoms with Crippen LogP contribution in [0, 0.1) is 12.7 Å². The van der Waals surface area contributed by atoms with Gasteiger partial charge < -0.3 is 11.1 Å². The van der Waals surface area contributed by atoms with Gasteiger partial charge in [0.25, 0.3) is 5.91 Å². The summed E-state index contributed by atoms with van der Waals surface area (Å²) in [6.07, 6.45) is 0. The molecule has 0 fully saturated rings. The van der Waals surface area contributed by atoms with Gasteiger partial charge in [-0.2, -0.15) is 0 Å². The molecule has 0 aliphatic rings. The van der Waals surface area contributed by atoms with Crippen molar-refractivity contribution in [2.24, 2.45) is 0 Å². The molecule has 0 aliphatic carbocycles. The fourth-order valence-corrected chi connectivity index (χ4v) is 1.85. The first kappa shape index (κ1) is 13.4. The Morgan fingerprint density at radius 2 is 2.05 bits per heavy atom. The van der Waals surface area contributed by atoms with Crippen molar-refractivity contribution in [3.8, 4) is 0 Å². The van der Waals surface area contributed by atoms with Gasteiger partial charge in [-0.25, -0.2) is 4.39 Å². The monoisotopic (exact) mass is 278 g/mol. The van der Waals surface area contributed by atoms with Crippen LogP contribution >= 0.6 is 11.6 Å². The lowest BCUT2D eigenvalue weighted by atomic mass is 10.1. The summed E-state index contributed by atoms with van der Waals surface area (Å²) in [7, 11) is 0. The predicted molar refractivity (Wildman–Crippen MR) is 75.0 cm³/mol. The second kappa shape index (κ2) is 5.28.